The zero-order chi connectivity index (χ0) is 11.5. The number of nitrogens with zero attached hydrogens (tertiary/aromatic N) is 1. The van der Waals surface area contributed by atoms with Gasteiger partial charge in [0.2, 0.25) is 0 Å². The molecule has 1 aliphatic carbocycles. The summed E-state index contributed by atoms with van der Waals surface area (Å²) in [4.78, 5) is 11.7. The molecule has 0 fully saturated rings. The molecule has 0 spiro atoms. The third-order valence-corrected chi connectivity index (χ3v) is 3.05. The molecule has 0 heterocycles. The van der Waals surface area contributed by atoms with E-state index in [2.05, 4.69) is 6.07 Å². The van der Waals surface area contributed by atoms with Crippen LogP contribution in [0.5, 0.6) is 5.75 Å². The first-order chi connectivity index (χ1) is 7.76. The molecule has 82 valence electrons. The number of Topliss-reactive ketones (excluding diaryl/α,β-unsaturated/α-hetero) is 1. The second kappa shape index (κ2) is 4.36. The van der Waals surface area contributed by atoms with Gasteiger partial charge in [-0.3, -0.25) is 4.79 Å². The number of carbonyl (C=O) groups excluding carboxylic acids is 1. The first-order valence-electron chi connectivity index (χ1n) is 5.32. The molecule has 0 aromatic heterocycles. The number of methoxy groups -OCH3 is 1. The van der Waals surface area contributed by atoms with Crippen LogP contribution >= 0.6 is 0 Å². The van der Waals surface area contributed by atoms with Crippen LogP contribution in [0, 0.1) is 11.3 Å². The maximum absolute atomic E-state index is 11.7. The van der Waals surface area contributed by atoms with E-state index in [4.69, 9.17) is 10.00 Å². The highest BCUT2D eigenvalue weighted by Gasteiger charge is 2.27. The summed E-state index contributed by atoms with van der Waals surface area (Å²) in [5.41, 5.74) is 2.14. The fraction of sp³-hybridized carbons (Fsp3) is 0.385. The van der Waals surface area contributed by atoms with Gasteiger partial charge in [-0.1, -0.05) is 6.07 Å². The molecule has 1 aliphatic rings. The quantitative estimate of drug-likeness (QED) is 0.760. The van der Waals surface area contributed by atoms with E-state index in [-0.39, 0.29) is 18.1 Å². The number of carbonyl (C=O) groups is 1. The largest absolute Gasteiger partial charge is 0.497 e. The summed E-state index contributed by atoms with van der Waals surface area (Å²) in [6.07, 6.45) is 1.57. The number of ether oxygens (including phenoxy) is 1. The van der Waals surface area contributed by atoms with Crippen molar-refractivity contribution in [3.8, 4) is 11.8 Å². The van der Waals surface area contributed by atoms with Crippen molar-refractivity contribution in [1.82, 2.24) is 0 Å². The number of rotatable bonds is 2. The summed E-state index contributed by atoms with van der Waals surface area (Å²) in [5, 5.41) is 8.74. The lowest BCUT2D eigenvalue weighted by atomic mass is 9.80. The van der Waals surface area contributed by atoms with Crippen molar-refractivity contribution in [2.75, 3.05) is 7.11 Å². The Bertz CT molecular complexity index is 459. The zero-order valence-corrected chi connectivity index (χ0v) is 9.19. The van der Waals surface area contributed by atoms with Gasteiger partial charge in [0.1, 0.15) is 11.5 Å². The zero-order valence-electron chi connectivity index (χ0n) is 9.19. The maximum Gasteiger partial charge on any atom is 0.141 e. The first kappa shape index (κ1) is 10.7. The van der Waals surface area contributed by atoms with Crippen LogP contribution in [0.4, 0.5) is 0 Å². The van der Waals surface area contributed by atoms with Crippen molar-refractivity contribution in [1.29, 1.82) is 5.26 Å². The Morgan fingerprint density at radius 3 is 3.00 bits per heavy atom. The van der Waals surface area contributed by atoms with Crippen molar-refractivity contribution < 1.29 is 9.53 Å². The average molecular weight is 215 g/mol. The van der Waals surface area contributed by atoms with Gasteiger partial charge in [-0.15, -0.1) is 0 Å². The molecule has 1 aromatic rings. The van der Waals surface area contributed by atoms with Gasteiger partial charge in [0.25, 0.3) is 0 Å². The van der Waals surface area contributed by atoms with Crippen molar-refractivity contribution >= 4 is 5.78 Å². The highest BCUT2D eigenvalue weighted by atomic mass is 16.5. The summed E-state index contributed by atoms with van der Waals surface area (Å²) < 4.78 is 5.15. The fourth-order valence-electron chi connectivity index (χ4n) is 2.19. The molecule has 3 nitrogen and oxygen atoms in total. The minimum absolute atomic E-state index is 0.180. The summed E-state index contributed by atoms with van der Waals surface area (Å²) in [7, 11) is 1.63. The van der Waals surface area contributed by atoms with Gasteiger partial charge < -0.3 is 4.74 Å². The van der Waals surface area contributed by atoms with Crippen LogP contribution in [0.15, 0.2) is 18.2 Å². The average Bonchev–Trinajstić information content (AvgIpc) is 2.32. The molecule has 0 radical (unpaired) electrons. The molecule has 3 heteroatoms. The molecule has 2 rings (SSSR count). The second-order valence-corrected chi connectivity index (χ2v) is 3.95. The van der Waals surface area contributed by atoms with E-state index in [0.717, 1.165) is 23.3 Å². The van der Waals surface area contributed by atoms with Crippen molar-refractivity contribution in [3.63, 3.8) is 0 Å². The molecule has 0 saturated carbocycles. The van der Waals surface area contributed by atoms with Gasteiger partial charge >= 0.3 is 0 Å². The molecule has 16 heavy (non-hydrogen) atoms. The number of fused-ring (bicyclic) bond motifs is 1. The van der Waals surface area contributed by atoms with E-state index in [1.54, 1.807) is 7.11 Å². The van der Waals surface area contributed by atoms with E-state index in [1.165, 1.54) is 0 Å². The molecule has 0 bridgehead atoms. The normalized spacial score (nSPS) is 18.8. The Hall–Kier alpha value is -1.82. The van der Waals surface area contributed by atoms with Crippen LogP contribution in [-0.4, -0.2) is 12.9 Å². The lowest BCUT2D eigenvalue weighted by Crippen LogP contribution is -2.20. The van der Waals surface area contributed by atoms with Gasteiger partial charge in [-0.25, -0.2) is 0 Å². The predicted octanol–water partition coefficient (Wildman–Crippen LogP) is 2.21. The van der Waals surface area contributed by atoms with E-state index in [0.29, 0.717) is 6.42 Å². The highest BCUT2D eigenvalue weighted by Crippen LogP contribution is 2.33. The number of hydrogen-bond acceptors (Lipinski definition) is 3. The monoisotopic (exact) mass is 215 g/mol. The Balaban J connectivity index is 2.41. The van der Waals surface area contributed by atoms with Crippen molar-refractivity contribution in [2.24, 2.45) is 0 Å². The van der Waals surface area contributed by atoms with E-state index in [9.17, 15) is 4.79 Å². The topological polar surface area (TPSA) is 50.1 Å². The molecular formula is C13H13NO2. The van der Waals surface area contributed by atoms with Crippen LogP contribution in [-0.2, 0) is 11.2 Å². The molecule has 0 amide bonds. The third-order valence-electron chi connectivity index (χ3n) is 3.05. The van der Waals surface area contributed by atoms with Gasteiger partial charge in [0.05, 0.1) is 19.1 Å². The maximum atomic E-state index is 11.7. The Kier molecular flexibility index (Phi) is 2.91. The SMILES string of the molecule is COc1ccc2c(c1)CCC(=O)C2CC#N. The summed E-state index contributed by atoms with van der Waals surface area (Å²) in [6.45, 7) is 0. The number of aryl methyl sites for hydroxylation is 1. The number of benzene rings is 1. The van der Waals surface area contributed by atoms with E-state index >= 15 is 0 Å². The minimum atomic E-state index is -0.236. The van der Waals surface area contributed by atoms with Gasteiger partial charge in [0, 0.05) is 12.8 Å². The highest BCUT2D eigenvalue weighted by molar-refractivity contribution is 5.88. The van der Waals surface area contributed by atoms with Crippen LogP contribution in [0.1, 0.15) is 29.9 Å². The second-order valence-electron chi connectivity index (χ2n) is 3.95. The lowest BCUT2D eigenvalue weighted by Gasteiger charge is -2.22. The molecule has 0 saturated heterocycles. The standard InChI is InChI=1S/C13H13NO2/c1-16-10-3-4-11-9(8-10)2-5-13(15)12(11)6-7-14/h3-4,8,12H,2,5-6H2,1H3. The minimum Gasteiger partial charge on any atom is -0.497 e. The Morgan fingerprint density at radius 1 is 1.50 bits per heavy atom. The molecule has 0 aliphatic heterocycles. The molecule has 0 N–H and O–H groups in total. The van der Waals surface area contributed by atoms with Crippen LogP contribution in [0.2, 0.25) is 0 Å². The van der Waals surface area contributed by atoms with E-state index in [1.807, 2.05) is 18.2 Å². The van der Waals surface area contributed by atoms with Crippen LogP contribution in [0.3, 0.4) is 0 Å². The lowest BCUT2D eigenvalue weighted by molar-refractivity contribution is -0.120. The van der Waals surface area contributed by atoms with Crippen LogP contribution in [0.25, 0.3) is 0 Å². The number of ketones is 1. The van der Waals surface area contributed by atoms with Crippen LogP contribution < -0.4 is 4.74 Å². The Morgan fingerprint density at radius 2 is 2.31 bits per heavy atom. The van der Waals surface area contributed by atoms with E-state index < -0.39 is 0 Å². The third kappa shape index (κ3) is 1.79. The van der Waals surface area contributed by atoms with Gasteiger partial charge in [-0.2, -0.15) is 5.26 Å². The van der Waals surface area contributed by atoms with Crippen molar-refractivity contribution in [3.05, 3.63) is 29.3 Å². The van der Waals surface area contributed by atoms with Crippen molar-refractivity contribution in [2.45, 2.75) is 25.2 Å². The molecule has 1 atom stereocenters. The number of hydrogen-bond donors (Lipinski definition) is 0. The molecule has 1 aromatic carbocycles. The smallest absolute Gasteiger partial charge is 0.141 e. The summed E-state index contributed by atoms with van der Waals surface area (Å²) in [6, 6.07) is 7.81. The first-order valence-corrected chi connectivity index (χ1v) is 5.32. The molecule has 1 unspecified atom stereocenters. The fourth-order valence-corrected chi connectivity index (χ4v) is 2.19. The summed E-state index contributed by atoms with van der Waals surface area (Å²) >= 11 is 0. The number of nitriles is 1. The summed E-state index contributed by atoms with van der Waals surface area (Å²) in [5.74, 6) is 0.752. The van der Waals surface area contributed by atoms with Gasteiger partial charge in [0.15, 0.2) is 0 Å². The molecular weight excluding hydrogens is 202 g/mol. The Labute approximate surface area is 94.6 Å². The van der Waals surface area contributed by atoms with Gasteiger partial charge in [-0.05, 0) is 29.7 Å². The predicted molar refractivity (Wildman–Crippen MR) is 59.3 cm³/mol.